The van der Waals surface area contributed by atoms with Gasteiger partial charge in [0.1, 0.15) is 0 Å². The summed E-state index contributed by atoms with van der Waals surface area (Å²) in [6, 6.07) is 27.6. The van der Waals surface area contributed by atoms with Crippen LogP contribution in [0.4, 0.5) is 5.69 Å². The second-order valence-corrected chi connectivity index (χ2v) is 8.21. The molecule has 0 bridgehead atoms. The van der Waals surface area contributed by atoms with Crippen molar-refractivity contribution in [1.29, 1.82) is 0 Å². The van der Waals surface area contributed by atoms with Crippen LogP contribution >= 0.6 is 0 Å². The second kappa shape index (κ2) is 5.72. The van der Waals surface area contributed by atoms with Gasteiger partial charge in [-0.2, -0.15) is 0 Å². The van der Waals surface area contributed by atoms with E-state index in [0.29, 0.717) is 12.0 Å². The molecule has 1 nitrogen and oxygen atoms in total. The summed E-state index contributed by atoms with van der Waals surface area (Å²) >= 11 is 0. The maximum atomic E-state index is 2.46. The minimum Gasteiger partial charge on any atom is -0.367 e. The quantitative estimate of drug-likeness (QED) is 0.512. The van der Waals surface area contributed by atoms with Gasteiger partial charge in [0.25, 0.3) is 0 Å². The summed E-state index contributed by atoms with van der Waals surface area (Å²) in [6.45, 7) is 0. The number of nitrogens with zero attached hydrogens (tertiary/aromatic N) is 1. The molecule has 1 spiro atoms. The SMILES string of the molecule is CN1c2ccccc2C2(c3ccccc3Cc3ccccc32)C2C=CC=CC21. The van der Waals surface area contributed by atoms with Crippen molar-refractivity contribution >= 4 is 5.69 Å². The molecule has 0 fully saturated rings. The second-order valence-electron chi connectivity index (χ2n) is 8.21. The maximum absolute atomic E-state index is 2.46. The fraction of sp³-hybridized carbons (Fsp3) is 0.185. The molecule has 2 unspecified atom stereocenters. The van der Waals surface area contributed by atoms with Crippen LogP contribution in [-0.2, 0) is 11.8 Å². The van der Waals surface area contributed by atoms with Gasteiger partial charge in [0.2, 0.25) is 0 Å². The third-order valence-corrected chi connectivity index (χ3v) is 7.03. The average Bonchev–Trinajstić information content (AvgIpc) is 2.77. The molecule has 28 heavy (non-hydrogen) atoms. The summed E-state index contributed by atoms with van der Waals surface area (Å²) < 4.78 is 0. The molecule has 1 heteroatoms. The van der Waals surface area contributed by atoms with Gasteiger partial charge in [0, 0.05) is 18.7 Å². The largest absolute Gasteiger partial charge is 0.367 e. The number of likely N-dealkylation sites (N-methyl/N-ethyl adjacent to an activating group) is 1. The minimum atomic E-state index is -0.152. The van der Waals surface area contributed by atoms with Crippen molar-refractivity contribution in [2.75, 3.05) is 11.9 Å². The van der Waals surface area contributed by atoms with Crippen molar-refractivity contribution in [1.82, 2.24) is 0 Å². The van der Waals surface area contributed by atoms with E-state index in [9.17, 15) is 0 Å². The monoisotopic (exact) mass is 361 g/mol. The van der Waals surface area contributed by atoms with Crippen LogP contribution in [0.5, 0.6) is 0 Å². The molecule has 2 atom stereocenters. The van der Waals surface area contributed by atoms with Crippen LogP contribution in [0.2, 0.25) is 0 Å². The highest BCUT2D eigenvalue weighted by molar-refractivity contribution is 5.72. The Morgan fingerprint density at radius 1 is 0.714 bits per heavy atom. The molecule has 1 aliphatic heterocycles. The fourth-order valence-corrected chi connectivity index (χ4v) is 5.94. The average molecular weight is 361 g/mol. The summed E-state index contributed by atoms with van der Waals surface area (Å²) in [5.74, 6) is 0.361. The van der Waals surface area contributed by atoms with Crippen LogP contribution in [0, 0.1) is 5.92 Å². The van der Waals surface area contributed by atoms with E-state index in [1.54, 1.807) is 0 Å². The molecule has 6 rings (SSSR count). The van der Waals surface area contributed by atoms with Crippen LogP contribution < -0.4 is 4.90 Å². The predicted molar refractivity (Wildman–Crippen MR) is 116 cm³/mol. The molecular weight excluding hydrogens is 338 g/mol. The van der Waals surface area contributed by atoms with Crippen LogP contribution in [-0.4, -0.2) is 13.1 Å². The first-order valence-electron chi connectivity index (χ1n) is 10.2. The Hall–Kier alpha value is -3.06. The normalized spacial score (nSPS) is 23.0. The van der Waals surface area contributed by atoms with Crippen molar-refractivity contribution in [3.05, 3.63) is 125 Å². The Kier molecular flexibility index (Phi) is 3.26. The lowest BCUT2D eigenvalue weighted by Gasteiger charge is -2.55. The summed E-state index contributed by atoms with van der Waals surface area (Å²) in [7, 11) is 2.24. The van der Waals surface area contributed by atoms with Crippen molar-refractivity contribution in [2.24, 2.45) is 5.92 Å². The molecule has 3 aromatic rings. The Labute approximate surface area is 166 Å². The topological polar surface area (TPSA) is 3.24 Å². The van der Waals surface area contributed by atoms with Gasteiger partial charge >= 0.3 is 0 Å². The maximum Gasteiger partial charge on any atom is 0.0562 e. The van der Waals surface area contributed by atoms with E-state index in [1.165, 1.54) is 33.5 Å². The molecule has 0 saturated heterocycles. The summed E-state index contributed by atoms with van der Waals surface area (Å²) in [6.07, 6.45) is 10.3. The molecule has 0 N–H and O–H groups in total. The third kappa shape index (κ3) is 1.87. The lowest BCUT2D eigenvalue weighted by molar-refractivity contribution is 0.370. The third-order valence-electron chi connectivity index (χ3n) is 7.03. The van der Waals surface area contributed by atoms with Gasteiger partial charge < -0.3 is 4.90 Å². The van der Waals surface area contributed by atoms with E-state index >= 15 is 0 Å². The number of fused-ring (bicyclic) bond motifs is 8. The predicted octanol–water partition coefficient (Wildman–Crippen LogP) is 5.49. The van der Waals surface area contributed by atoms with Crippen molar-refractivity contribution in [3.63, 3.8) is 0 Å². The van der Waals surface area contributed by atoms with E-state index in [4.69, 9.17) is 0 Å². The first-order valence-corrected chi connectivity index (χ1v) is 10.2. The van der Waals surface area contributed by atoms with Crippen molar-refractivity contribution in [3.8, 4) is 0 Å². The van der Waals surface area contributed by atoms with Gasteiger partial charge in [0.15, 0.2) is 0 Å². The smallest absolute Gasteiger partial charge is 0.0562 e. The van der Waals surface area contributed by atoms with E-state index in [2.05, 4.69) is 109 Å². The highest BCUT2D eigenvalue weighted by atomic mass is 15.2. The molecule has 0 amide bonds. The molecule has 1 heterocycles. The fourth-order valence-electron chi connectivity index (χ4n) is 5.94. The Morgan fingerprint density at radius 3 is 2.00 bits per heavy atom. The molecule has 3 aliphatic rings. The number of hydrogen-bond donors (Lipinski definition) is 0. The molecule has 0 aromatic heterocycles. The van der Waals surface area contributed by atoms with Crippen molar-refractivity contribution < 1.29 is 0 Å². The van der Waals surface area contributed by atoms with Crippen molar-refractivity contribution in [2.45, 2.75) is 17.9 Å². The zero-order valence-corrected chi connectivity index (χ0v) is 16.0. The van der Waals surface area contributed by atoms with E-state index in [0.717, 1.165) is 6.42 Å². The Bertz CT molecular complexity index is 1090. The van der Waals surface area contributed by atoms with Gasteiger partial charge in [-0.05, 0) is 40.3 Å². The standard InChI is InChI=1S/C27H23N/c1-28-25-16-8-6-14-23(25)27(24-15-7-9-17-26(24)28)21-12-4-2-10-19(21)18-20-11-3-5-13-22(20)27/h2-17,23,25H,18H2,1H3. The molecule has 3 aromatic carbocycles. The summed E-state index contributed by atoms with van der Waals surface area (Å²) in [5, 5.41) is 0. The first-order chi connectivity index (χ1) is 13.8. The number of anilines is 1. The lowest BCUT2D eigenvalue weighted by atomic mass is 9.53. The Balaban J connectivity index is 1.80. The van der Waals surface area contributed by atoms with Gasteiger partial charge in [-0.15, -0.1) is 0 Å². The molecule has 0 radical (unpaired) electrons. The zero-order valence-electron chi connectivity index (χ0n) is 16.0. The van der Waals surface area contributed by atoms with Crippen LogP contribution in [0.15, 0.2) is 97.1 Å². The van der Waals surface area contributed by atoms with Crippen LogP contribution in [0.3, 0.4) is 0 Å². The highest BCUT2D eigenvalue weighted by Crippen LogP contribution is 2.58. The molecular formula is C27H23N. The van der Waals surface area contributed by atoms with Crippen LogP contribution in [0.1, 0.15) is 27.8 Å². The molecule has 0 saturated carbocycles. The number of para-hydroxylation sites is 1. The van der Waals surface area contributed by atoms with Gasteiger partial charge in [-0.25, -0.2) is 0 Å². The molecule has 2 aliphatic carbocycles. The van der Waals surface area contributed by atoms with Gasteiger partial charge in [0.05, 0.1) is 11.5 Å². The number of allylic oxidation sites excluding steroid dienone is 2. The van der Waals surface area contributed by atoms with E-state index in [1.807, 2.05) is 0 Å². The zero-order chi connectivity index (χ0) is 18.7. The molecule has 136 valence electrons. The number of benzene rings is 3. The first kappa shape index (κ1) is 15.9. The van der Waals surface area contributed by atoms with Gasteiger partial charge in [-0.3, -0.25) is 0 Å². The summed E-state index contributed by atoms with van der Waals surface area (Å²) in [5.41, 5.74) is 8.49. The number of hydrogen-bond acceptors (Lipinski definition) is 1. The lowest BCUT2D eigenvalue weighted by Crippen LogP contribution is -2.55. The minimum absolute atomic E-state index is 0.152. The van der Waals surface area contributed by atoms with E-state index in [-0.39, 0.29) is 5.41 Å². The van der Waals surface area contributed by atoms with Crippen LogP contribution in [0.25, 0.3) is 0 Å². The van der Waals surface area contributed by atoms with Gasteiger partial charge in [-0.1, -0.05) is 91.0 Å². The van der Waals surface area contributed by atoms with E-state index < -0.39 is 0 Å². The summed E-state index contributed by atoms with van der Waals surface area (Å²) in [4.78, 5) is 2.46. The Morgan fingerprint density at radius 2 is 1.29 bits per heavy atom. The number of rotatable bonds is 0. The highest BCUT2D eigenvalue weighted by Gasteiger charge is 2.54.